The summed E-state index contributed by atoms with van der Waals surface area (Å²) < 4.78 is 10.6. The van der Waals surface area contributed by atoms with Gasteiger partial charge in [0.1, 0.15) is 5.75 Å². The van der Waals surface area contributed by atoms with Gasteiger partial charge in [-0.25, -0.2) is 0 Å². The zero-order valence-electron chi connectivity index (χ0n) is 16.6. The fourth-order valence-corrected chi connectivity index (χ4v) is 3.09. The molecule has 0 saturated carbocycles. The number of rotatable bonds is 7. The Morgan fingerprint density at radius 2 is 2.07 bits per heavy atom. The summed E-state index contributed by atoms with van der Waals surface area (Å²) in [7, 11) is 3.24. The highest BCUT2D eigenvalue weighted by Gasteiger charge is 2.26. The number of carbonyl (C=O) groups excluding carboxylic acids is 1. The molecule has 1 fully saturated rings. The van der Waals surface area contributed by atoms with E-state index in [-0.39, 0.29) is 35.9 Å². The molecule has 7 heteroatoms. The molecule has 0 bridgehead atoms. The van der Waals surface area contributed by atoms with E-state index in [0.29, 0.717) is 6.54 Å². The number of guanidine groups is 1. The second-order valence-electron chi connectivity index (χ2n) is 6.53. The highest BCUT2D eigenvalue weighted by Crippen LogP contribution is 2.19. The minimum atomic E-state index is -0.104. The van der Waals surface area contributed by atoms with Gasteiger partial charge in [-0.15, -0.1) is 24.0 Å². The number of halogens is 1. The van der Waals surface area contributed by atoms with E-state index < -0.39 is 0 Å². The molecule has 0 spiro atoms. The average molecular weight is 489 g/mol. The van der Waals surface area contributed by atoms with E-state index in [1.54, 1.807) is 7.05 Å². The van der Waals surface area contributed by atoms with Crippen LogP contribution in [0.25, 0.3) is 0 Å². The number of methoxy groups -OCH3 is 1. The SMILES string of the molecule is CCCCOc1cccc(CNC(=NC)N2CCC(C(=O)OC)CC2)c1.I. The highest BCUT2D eigenvalue weighted by atomic mass is 127. The predicted octanol–water partition coefficient (Wildman–Crippen LogP) is 3.44. The van der Waals surface area contributed by atoms with E-state index in [9.17, 15) is 4.79 Å². The molecule has 0 amide bonds. The van der Waals surface area contributed by atoms with Crippen molar-refractivity contribution >= 4 is 35.9 Å². The normalized spacial score (nSPS) is 15.1. The summed E-state index contributed by atoms with van der Waals surface area (Å²) in [5.41, 5.74) is 1.16. The van der Waals surface area contributed by atoms with Crippen LogP contribution in [-0.2, 0) is 16.1 Å². The van der Waals surface area contributed by atoms with Crippen LogP contribution in [0.1, 0.15) is 38.2 Å². The van der Waals surface area contributed by atoms with Gasteiger partial charge in [-0.2, -0.15) is 0 Å². The van der Waals surface area contributed by atoms with Crippen molar-refractivity contribution in [2.75, 3.05) is 33.9 Å². The molecule has 1 aliphatic heterocycles. The number of ether oxygens (including phenoxy) is 2. The van der Waals surface area contributed by atoms with Crippen LogP contribution in [0.3, 0.4) is 0 Å². The van der Waals surface area contributed by atoms with E-state index in [4.69, 9.17) is 9.47 Å². The summed E-state index contributed by atoms with van der Waals surface area (Å²) in [6.07, 6.45) is 3.79. The smallest absolute Gasteiger partial charge is 0.308 e. The summed E-state index contributed by atoms with van der Waals surface area (Å²) in [5.74, 6) is 1.68. The van der Waals surface area contributed by atoms with Crippen molar-refractivity contribution in [3.05, 3.63) is 29.8 Å². The van der Waals surface area contributed by atoms with Crippen LogP contribution in [0.5, 0.6) is 5.75 Å². The first-order chi connectivity index (χ1) is 12.7. The van der Waals surface area contributed by atoms with Gasteiger partial charge in [-0.3, -0.25) is 9.79 Å². The fraction of sp³-hybridized carbons (Fsp3) is 0.600. The number of nitrogens with zero attached hydrogens (tertiary/aromatic N) is 2. The molecule has 1 aromatic rings. The maximum atomic E-state index is 11.7. The molecule has 0 aliphatic carbocycles. The van der Waals surface area contributed by atoms with Crippen LogP contribution in [0.2, 0.25) is 0 Å². The molecule has 1 saturated heterocycles. The maximum Gasteiger partial charge on any atom is 0.308 e. The highest BCUT2D eigenvalue weighted by molar-refractivity contribution is 14.0. The molecule has 2 rings (SSSR count). The summed E-state index contributed by atoms with van der Waals surface area (Å²) in [4.78, 5) is 18.2. The molecular formula is C20H32IN3O3. The lowest BCUT2D eigenvalue weighted by atomic mass is 9.97. The molecule has 27 heavy (non-hydrogen) atoms. The first-order valence-electron chi connectivity index (χ1n) is 9.43. The van der Waals surface area contributed by atoms with Crippen LogP contribution >= 0.6 is 24.0 Å². The zero-order chi connectivity index (χ0) is 18.8. The Labute approximate surface area is 179 Å². The van der Waals surface area contributed by atoms with E-state index >= 15 is 0 Å². The van der Waals surface area contributed by atoms with E-state index in [0.717, 1.165) is 62.7 Å². The Kier molecular flexibility index (Phi) is 11.2. The number of hydrogen-bond acceptors (Lipinski definition) is 4. The minimum Gasteiger partial charge on any atom is -0.494 e. The molecule has 0 radical (unpaired) electrons. The lowest BCUT2D eigenvalue weighted by Crippen LogP contribution is -2.46. The molecule has 1 N–H and O–H groups in total. The minimum absolute atomic E-state index is 0. The van der Waals surface area contributed by atoms with Gasteiger partial charge in [-0.1, -0.05) is 25.5 Å². The third-order valence-electron chi connectivity index (χ3n) is 4.66. The first-order valence-corrected chi connectivity index (χ1v) is 9.43. The molecular weight excluding hydrogens is 457 g/mol. The van der Waals surface area contributed by atoms with Crippen molar-refractivity contribution < 1.29 is 14.3 Å². The average Bonchev–Trinajstić information content (AvgIpc) is 2.69. The Balaban J connectivity index is 0.00000364. The molecule has 6 nitrogen and oxygen atoms in total. The standard InChI is InChI=1S/C20H31N3O3.HI/c1-4-5-13-26-18-8-6-7-16(14-18)15-22-20(21-2)23-11-9-17(10-12-23)19(24)25-3;/h6-8,14,17H,4-5,9-13,15H2,1-3H3,(H,21,22);1H. The van der Waals surface area contributed by atoms with Gasteiger partial charge in [-0.05, 0) is 37.0 Å². The summed E-state index contributed by atoms with van der Waals surface area (Å²) in [6.45, 7) is 5.21. The van der Waals surface area contributed by atoms with Crippen molar-refractivity contribution in [1.29, 1.82) is 0 Å². The second-order valence-corrected chi connectivity index (χ2v) is 6.53. The molecule has 0 atom stereocenters. The Morgan fingerprint density at radius 3 is 2.70 bits per heavy atom. The van der Waals surface area contributed by atoms with Gasteiger partial charge >= 0.3 is 5.97 Å². The third-order valence-corrected chi connectivity index (χ3v) is 4.66. The number of aliphatic imine (C=N–C) groups is 1. The first kappa shape index (κ1) is 23.5. The van der Waals surface area contributed by atoms with Gasteiger partial charge < -0.3 is 19.7 Å². The number of carbonyl (C=O) groups is 1. The van der Waals surface area contributed by atoms with E-state index in [2.05, 4.69) is 34.3 Å². The number of unbranched alkanes of at least 4 members (excludes halogenated alkanes) is 1. The lowest BCUT2D eigenvalue weighted by Gasteiger charge is -2.33. The molecule has 1 aromatic carbocycles. The number of esters is 1. The van der Waals surface area contributed by atoms with Gasteiger partial charge in [0, 0.05) is 26.7 Å². The van der Waals surface area contributed by atoms with Gasteiger partial charge in [0.05, 0.1) is 19.6 Å². The van der Waals surface area contributed by atoms with Crippen LogP contribution < -0.4 is 10.1 Å². The topological polar surface area (TPSA) is 63.2 Å². The molecule has 1 heterocycles. The zero-order valence-corrected chi connectivity index (χ0v) is 18.9. The third kappa shape index (κ3) is 7.56. The van der Waals surface area contributed by atoms with Gasteiger partial charge in [0.2, 0.25) is 0 Å². The summed E-state index contributed by atoms with van der Waals surface area (Å²) in [5, 5.41) is 3.41. The molecule has 0 aromatic heterocycles. The van der Waals surface area contributed by atoms with Crippen LogP contribution in [0, 0.1) is 5.92 Å². The van der Waals surface area contributed by atoms with Crippen LogP contribution in [0.4, 0.5) is 0 Å². The summed E-state index contributed by atoms with van der Waals surface area (Å²) in [6, 6.07) is 8.16. The number of likely N-dealkylation sites (tertiary alicyclic amines) is 1. The Bertz CT molecular complexity index is 602. The number of benzene rings is 1. The Hall–Kier alpha value is -1.51. The molecule has 1 aliphatic rings. The van der Waals surface area contributed by atoms with Gasteiger partial charge in [0.25, 0.3) is 0 Å². The fourth-order valence-electron chi connectivity index (χ4n) is 3.09. The van der Waals surface area contributed by atoms with Crippen molar-refractivity contribution in [2.24, 2.45) is 10.9 Å². The van der Waals surface area contributed by atoms with Gasteiger partial charge in [0.15, 0.2) is 5.96 Å². The van der Waals surface area contributed by atoms with Crippen molar-refractivity contribution in [2.45, 2.75) is 39.2 Å². The van der Waals surface area contributed by atoms with Crippen molar-refractivity contribution in [3.8, 4) is 5.75 Å². The Morgan fingerprint density at radius 1 is 1.33 bits per heavy atom. The van der Waals surface area contributed by atoms with Crippen molar-refractivity contribution in [3.63, 3.8) is 0 Å². The number of piperidine rings is 1. The van der Waals surface area contributed by atoms with E-state index in [1.165, 1.54) is 7.11 Å². The molecule has 0 unspecified atom stereocenters. The summed E-state index contributed by atoms with van der Waals surface area (Å²) >= 11 is 0. The van der Waals surface area contributed by atoms with Crippen LogP contribution in [-0.4, -0.2) is 50.7 Å². The predicted molar refractivity (Wildman–Crippen MR) is 119 cm³/mol. The van der Waals surface area contributed by atoms with Crippen molar-refractivity contribution in [1.82, 2.24) is 10.2 Å². The van der Waals surface area contributed by atoms with E-state index in [1.807, 2.05) is 12.1 Å². The largest absolute Gasteiger partial charge is 0.494 e. The molecule has 152 valence electrons. The monoisotopic (exact) mass is 489 g/mol. The number of hydrogen-bond donors (Lipinski definition) is 1. The lowest BCUT2D eigenvalue weighted by molar-refractivity contribution is -0.146. The van der Waals surface area contributed by atoms with Crippen LogP contribution in [0.15, 0.2) is 29.3 Å². The second kappa shape index (κ2) is 12.8. The maximum absolute atomic E-state index is 11.7. The number of nitrogens with one attached hydrogen (secondary N) is 1. The quantitative estimate of drug-likeness (QED) is 0.209.